The van der Waals surface area contributed by atoms with Crippen LogP contribution in [0.3, 0.4) is 0 Å². The second-order valence-corrected chi connectivity index (χ2v) is 11.7. The van der Waals surface area contributed by atoms with E-state index in [1.165, 1.54) is 10.1 Å². The van der Waals surface area contributed by atoms with Crippen molar-refractivity contribution in [2.75, 3.05) is 57.7 Å². The number of nitrogens with zero attached hydrogens (tertiary/aromatic N) is 5. The van der Waals surface area contributed by atoms with Crippen LogP contribution in [-0.4, -0.2) is 94.1 Å². The molecule has 11 heteroatoms. The zero-order valence-corrected chi connectivity index (χ0v) is 23.1. The van der Waals surface area contributed by atoms with E-state index in [1.54, 1.807) is 35.9 Å². The van der Waals surface area contributed by atoms with Crippen molar-refractivity contribution in [3.05, 3.63) is 52.1 Å². The van der Waals surface area contributed by atoms with Crippen molar-refractivity contribution in [2.24, 2.45) is 29.2 Å². The molecule has 5 rings (SSSR count). The van der Waals surface area contributed by atoms with Crippen molar-refractivity contribution < 1.29 is 9.59 Å². The van der Waals surface area contributed by atoms with Crippen LogP contribution in [0.15, 0.2) is 35.3 Å². The minimum atomic E-state index is -0.944. The molecule has 2 aliphatic heterocycles. The molecule has 1 unspecified atom stereocenters. The SMILES string of the molecule is Cc1cc(-n2ccc(NC(=O)N3CCN(C(=O)C(C)(C)N)CC3)nc2=O)ccc1CCN1C[C@@H]2C(CN)[C@@H]2C1. The number of piperazine rings is 1. The summed E-state index contributed by atoms with van der Waals surface area (Å²) in [5.41, 5.74) is 13.5. The Balaban J connectivity index is 1.14. The van der Waals surface area contributed by atoms with Gasteiger partial charge in [0.2, 0.25) is 5.91 Å². The lowest BCUT2D eigenvalue weighted by molar-refractivity contribution is -0.137. The van der Waals surface area contributed by atoms with Crippen LogP contribution in [0.1, 0.15) is 25.0 Å². The maximum Gasteiger partial charge on any atom is 0.354 e. The average molecular weight is 537 g/mol. The summed E-state index contributed by atoms with van der Waals surface area (Å²) >= 11 is 0. The molecule has 0 bridgehead atoms. The fourth-order valence-electron chi connectivity index (χ4n) is 6.04. The molecule has 0 radical (unpaired) electrons. The van der Waals surface area contributed by atoms with Crippen LogP contribution in [0.25, 0.3) is 5.69 Å². The summed E-state index contributed by atoms with van der Waals surface area (Å²) in [7, 11) is 0. The zero-order chi connectivity index (χ0) is 27.9. The lowest BCUT2D eigenvalue weighted by Gasteiger charge is -2.37. The summed E-state index contributed by atoms with van der Waals surface area (Å²) in [6.07, 6.45) is 2.60. The van der Waals surface area contributed by atoms with E-state index in [0.717, 1.165) is 61.6 Å². The number of aromatic nitrogens is 2. The third-order valence-electron chi connectivity index (χ3n) is 8.46. The predicted octanol–water partition coefficient (Wildman–Crippen LogP) is 0.633. The van der Waals surface area contributed by atoms with Gasteiger partial charge in [0.1, 0.15) is 5.82 Å². The molecule has 3 heterocycles. The first-order valence-corrected chi connectivity index (χ1v) is 13.8. The van der Waals surface area contributed by atoms with Crippen molar-refractivity contribution in [1.29, 1.82) is 0 Å². The van der Waals surface area contributed by atoms with Crippen LogP contribution in [0.5, 0.6) is 0 Å². The molecule has 5 N–H and O–H groups in total. The van der Waals surface area contributed by atoms with Crippen LogP contribution in [0.4, 0.5) is 10.6 Å². The van der Waals surface area contributed by atoms with E-state index in [0.29, 0.717) is 26.2 Å². The lowest BCUT2D eigenvalue weighted by atomic mass is 10.0. The number of carbonyl (C=O) groups is 2. The van der Waals surface area contributed by atoms with Crippen LogP contribution < -0.4 is 22.5 Å². The van der Waals surface area contributed by atoms with Gasteiger partial charge in [0, 0.05) is 52.0 Å². The summed E-state index contributed by atoms with van der Waals surface area (Å²) in [6, 6.07) is 7.30. The highest BCUT2D eigenvalue weighted by Crippen LogP contribution is 2.50. The Morgan fingerprint density at radius 1 is 1.08 bits per heavy atom. The van der Waals surface area contributed by atoms with E-state index >= 15 is 0 Å². The monoisotopic (exact) mass is 536 g/mol. The third kappa shape index (κ3) is 5.85. The number of fused-ring (bicyclic) bond motifs is 1. The normalized spacial score (nSPS) is 23.1. The summed E-state index contributed by atoms with van der Waals surface area (Å²) in [5, 5.41) is 2.70. The number of likely N-dealkylation sites (tertiary alicyclic amines) is 1. The second kappa shape index (κ2) is 10.7. The molecule has 1 aromatic heterocycles. The first-order chi connectivity index (χ1) is 18.5. The van der Waals surface area contributed by atoms with Crippen molar-refractivity contribution in [3.63, 3.8) is 0 Å². The first kappa shape index (κ1) is 27.3. The first-order valence-electron chi connectivity index (χ1n) is 13.8. The molecule has 3 atom stereocenters. The lowest BCUT2D eigenvalue weighted by Crippen LogP contribution is -2.58. The average Bonchev–Trinajstić information content (AvgIpc) is 3.38. The van der Waals surface area contributed by atoms with Gasteiger partial charge in [0.25, 0.3) is 0 Å². The number of nitrogens with one attached hydrogen (secondary N) is 1. The van der Waals surface area contributed by atoms with E-state index in [2.05, 4.69) is 28.2 Å². The van der Waals surface area contributed by atoms with Gasteiger partial charge in [-0.1, -0.05) is 6.07 Å². The Bertz CT molecular complexity index is 1280. The van der Waals surface area contributed by atoms with Crippen LogP contribution in [0.2, 0.25) is 0 Å². The molecule has 0 spiro atoms. The number of amides is 3. The van der Waals surface area contributed by atoms with E-state index in [-0.39, 0.29) is 17.8 Å². The molecule has 1 aliphatic carbocycles. The zero-order valence-electron chi connectivity index (χ0n) is 23.1. The van der Waals surface area contributed by atoms with Crippen molar-refractivity contribution in [2.45, 2.75) is 32.7 Å². The van der Waals surface area contributed by atoms with Gasteiger partial charge in [-0.2, -0.15) is 4.98 Å². The number of aryl methyl sites for hydroxylation is 1. The van der Waals surface area contributed by atoms with Gasteiger partial charge in [-0.05, 0) is 80.8 Å². The minimum Gasteiger partial charge on any atom is -0.338 e. The molecule has 210 valence electrons. The number of hydrogen-bond acceptors (Lipinski definition) is 7. The predicted molar refractivity (Wildman–Crippen MR) is 150 cm³/mol. The number of nitrogens with two attached hydrogens (primary N) is 2. The number of anilines is 1. The number of piperidine rings is 1. The van der Waals surface area contributed by atoms with E-state index in [4.69, 9.17) is 11.5 Å². The molecule has 3 amide bonds. The van der Waals surface area contributed by atoms with Gasteiger partial charge in [-0.25, -0.2) is 9.59 Å². The van der Waals surface area contributed by atoms with Gasteiger partial charge in [-0.15, -0.1) is 0 Å². The van der Waals surface area contributed by atoms with Crippen LogP contribution >= 0.6 is 0 Å². The largest absolute Gasteiger partial charge is 0.354 e. The standard InChI is InChI=1S/C28H40N8O3/c1-18-14-20(5-4-19(18)6-8-33-16-22-21(15-29)23(22)17-33)36-9-7-24(32-27(36)39)31-26(38)35-12-10-34(11-13-35)25(37)28(2,3)30/h4-5,7,9,14,21-23H,6,8,10-13,15-17,29-30H2,1-3H3,(H,31,32,38,39)/t21?,22-,23+. The summed E-state index contributed by atoms with van der Waals surface area (Å²) < 4.78 is 1.48. The Labute approximate surface area is 229 Å². The molecule has 1 saturated carbocycles. The van der Waals surface area contributed by atoms with Gasteiger partial charge < -0.3 is 26.2 Å². The maximum absolute atomic E-state index is 12.8. The van der Waals surface area contributed by atoms with Gasteiger partial charge >= 0.3 is 11.7 Å². The molecule has 39 heavy (non-hydrogen) atoms. The number of urea groups is 1. The van der Waals surface area contributed by atoms with Gasteiger partial charge in [0.05, 0.1) is 11.2 Å². The van der Waals surface area contributed by atoms with Crippen molar-refractivity contribution in [1.82, 2.24) is 24.3 Å². The fraction of sp³-hybridized carbons (Fsp3) is 0.571. The third-order valence-corrected chi connectivity index (χ3v) is 8.46. The number of carbonyl (C=O) groups excluding carboxylic acids is 2. The van der Waals surface area contributed by atoms with E-state index in [1.807, 2.05) is 12.1 Å². The topological polar surface area (TPSA) is 143 Å². The molecule has 3 fully saturated rings. The van der Waals surface area contributed by atoms with Gasteiger partial charge in [0.15, 0.2) is 0 Å². The number of rotatable bonds is 7. The second-order valence-electron chi connectivity index (χ2n) is 11.7. The number of benzene rings is 1. The number of hydrogen-bond donors (Lipinski definition) is 3. The molecule has 2 saturated heterocycles. The quantitative estimate of drug-likeness (QED) is 0.471. The van der Waals surface area contributed by atoms with E-state index < -0.39 is 11.2 Å². The van der Waals surface area contributed by atoms with E-state index in [9.17, 15) is 14.4 Å². The highest BCUT2D eigenvalue weighted by molar-refractivity contribution is 5.89. The molecule has 2 aromatic rings. The van der Waals surface area contributed by atoms with Crippen LogP contribution in [-0.2, 0) is 11.2 Å². The highest BCUT2D eigenvalue weighted by Gasteiger charge is 2.54. The Morgan fingerprint density at radius 2 is 1.74 bits per heavy atom. The molecule has 3 aliphatic rings. The van der Waals surface area contributed by atoms with Crippen LogP contribution in [0, 0.1) is 24.7 Å². The van der Waals surface area contributed by atoms with Crippen molar-refractivity contribution >= 4 is 17.8 Å². The Hall–Kier alpha value is -3.28. The van der Waals surface area contributed by atoms with Gasteiger partial charge in [-0.3, -0.25) is 14.7 Å². The maximum atomic E-state index is 12.8. The Kier molecular flexibility index (Phi) is 7.49. The minimum absolute atomic E-state index is 0.139. The summed E-state index contributed by atoms with van der Waals surface area (Å²) in [6.45, 7) is 11.2. The molecular weight excluding hydrogens is 496 g/mol. The summed E-state index contributed by atoms with van der Waals surface area (Å²) in [4.78, 5) is 47.8. The fourth-order valence-corrected chi connectivity index (χ4v) is 6.04. The molecule has 1 aromatic carbocycles. The molecular formula is C28H40N8O3. The van der Waals surface area contributed by atoms with Crippen molar-refractivity contribution in [3.8, 4) is 5.69 Å². The Morgan fingerprint density at radius 3 is 2.33 bits per heavy atom. The summed E-state index contributed by atoms with van der Waals surface area (Å²) in [5.74, 6) is 2.40. The highest BCUT2D eigenvalue weighted by atomic mass is 16.2. The smallest absolute Gasteiger partial charge is 0.338 e. The molecule has 11 nitrogen and oxygen atoms in total.